The van der Waals surface area contributed by atoms with Crippen LogP contribution in [0.3, 0.4) is 0 Å². The molecule has 1 aromatic heterocycles. The van der Waals surface area contributed by atoms with E-state index in [-0.39, 0.29) is 0 Å². The van der Waals surface area contributed by atoms with Crippen molar-refractivity contribution < 1.29 is 4.74 Å². The van der Waals surface area contributed by atoms with Crippen molar-refractivity contribution >= 4 is 23.0 Å². The van der Waals surface area contributed by atoms with Crippen LogP contribution < -0.4 is 16.4 Å². The van der Waals surface area contributed by atoms with Gasteiger partial charge < -0.3 is 21.1 Å². The van der Waals surface area contributed by atoms with E-state index in [1.807, 2.05) is 18.2 Å². The molecular weight excluding hydrogens is 316 g/mol. The van der Waals surface area contributed by atoms with E-state index in [0.29, 0.717) is 17.3 Å². The molecule has 3 rings (SSSR count). The molecular formula is C18H26N6O. The summed E-state index contributed by atoms with van der Waals surface area (Å²) in [6, 6.07) is 8.17. The fourth-order valence-electron chi connectivity index (χ4n) is 2.87. The number of aromatic nitrogens is 2. The van der Waals surface area contributed by atoms with Crippen LogP contribution >= 0.6 is 0 Å². The van der Waals surface area contributed by atoms with Crippen molar-refractivity contribution in [1.29, 1.82) is 0 Å². The third-order valence-electron chi connectivity index (χ3n) is 4.36. The number of ether oxygens (including phenoxy) is 1. The number of morpholine rings is 1. The van der Waals surface area contributed by atoms with Crippen LogP contribution in [0.4, 0.5) is 23.0 Å². The van der Waals surface area contributed by atoms with Gasteiger partial charge in [-0.1, -0.05) is 25.1 Å². The first kappa shape index (κ1) is 17.4. The van der Waals surface area contributed by atoms with Crippen LogP contribution in [0.5, 0.6) is 0 Å². The van der Waals surface area contributed by atoms with E-state index in [2.05, 4.69) is 38.5 Å². The van der Waals surface area contributed by atoms with Crippen LogP contribution in [0, 0.1) is 0 Å². The number of rotatable bonds is 7. The third kappa shape index (κ3) is 4.58. The highest BCUT2D eigenvalue weighted by Crippen LogP contribution is 2.27. The van der Waals surface area contributed by atoms with Gasteiger partial charge in [-0.15, -0.1) is 0 Å². The minimum atomic E-state index is 0.537. The molecule has 1 aliphatic rings. The first-order valence-corrected chi connectivity index (χ1v) is 8.77. The molecule has 1 aromatic carbocycles. The molecule has 0 bridgehead atoms. The average Bonchev–Trinajstić information content (AvgIpc) is 2.66. The predicted octanol–water partition coefficient (Wildman–Crippen LogP) is 2.11. The Morgan fingerprint density at radius 1 is 1.16 bits per heavy atom. The molecule has 1 aliphatic heterocycles. The number of nitrogens with one attached hydrogen (secondary N) is 2. The molecule has 2 aromatic rings. The van der Waals surface area contributed by atoms with Gasteiger partial charge in [0.2, 0.25) is 0 Å². The van der Waals surface area contributed by atoms with Gasteiger partial charge in [-0.3, -0.25) is 4.90 Å². The van der Waals surface area contributed by atoms with Crippen LogP contribution in [0.25, 0.3) is 0 Å². The number of nitrogen functional groups attached to an aromatic ring is 1. The SMILES string of the molecule is CCc1ccccc1Nc1ncnc(NCCN2CCOCC2)c1N. The average molecular weight is 342 g/mol. The lowest BCUT2D eigenvalue weighted by Crippen LogP contribution is -2.39. The quantitative estimate of drug-likeness (QED) is 0.710. The maximum absolute atomic E-state index is 6.26. The maximum Gasteiger partial charge on any atom is 0.159 e. The Bertz CT molecular complexity index is 687. The predicted molar refractivity (Wildman–Crippen MR) is 101 cm³/mol. The summed E-state index contributed by atoms with van der Waals surface area (Å²) in [5, 5.41) is 6.65. The molecule has 7 nitrogen and oxygen atoms in total. The summed E-state index contributed by atoms with van der Waals surface area (Å²) in [6.45, 7) is 7.41. The largest absolute Gasteiger partial charge is 0.393 e. The summed E-state index contributed by atoms with van der Waals surface area (Å²) >= 11 is 0. The Labute approximate surface area is 148 Å². The first-order valence-electron chi connectivity index (χ1n) is 8.77. The number of hydrogen-bond acceptors (Lipinski definition) is 7. The molecule has 0 spiro atoms. The highest BCUT2D eigenvalue weighted by molar-refractivity contribution is 5.78. The van der Waals surface area contributed by atoms with E-state index in [0.717, 1.165) is 51.5 Å². The zero-order valence-electron chi connectivity index (χ0n) is 14.7. The molecule has 25 heavy (non-hydrogen) atoms. The fraction of sp³-hybridized carbons (Fsp3) is 0.444. The Morgan fingerprint density at radius 3 is 2.72 bits per heavy atom. The Hall–Kier alpha value is -2.38. The van der Waals surface area contributed by atoms with Crippen molar-refractivity contribution in [1.82, 2.24) is 14.9 Å². The highest BCUT2D eigenvalue weighted by atomic mass is 16.5. The smallest absolute Gasteiger partial charge is 0.159 e. The van der Waals surface area contributed by atoms with Crippen LogP contribution in [-0.2, 0) is 11.2 Å². The van der Waals surface area contributed by atoms with Gasteiger partial charge in [-0.25, -0.2) is 9.97 Å². The lowest BCUT2D eigenvalue weighted by Gasteiger charge is -2.26. The number of benzene rings is 1. The summed E-state index contributed by atoms with van der Waals surface area (Å²) in [5.41, 5.74) is 9.04. The molecule has 2 heterocycles. The highest BCUT2D eigenvalue weighted by Gasteiger charge is 2.12. The molecule has 0 atom stereocenters. The molecule has 134 valence electrons. The minimum Gasteiger partial charge on any atom is -0.393 e. The van der Waals surface area contributed by atoms with E-state index in [4.69, 9.17) is 10.5 Å². The van der Waals surface area contributed by atoms with Gasteiger partial charge in [-0.05, 0) is 18.1 Å². The Kier molecular flexibility index (Phi) is 6.03. The Morgan fingerprint density at radius 2 is 1.92 bits per heavy atom. The number of anilines is 4. The second kappa shape index (κ2) is 8.64. The zero-order chi connectivity index (χ0) is 17.5. The summed E-state index contributed by atoms with van der Waals surface area (Å²) in [6.07, 6.45) is 2.48. The van der Waals surface area contributed by atoms with E-state index in [9.17, 15) is 0 Å². The van der Waals surface area contributed by atoms with Gasteiger partial charge in [0.15, 0.2) is 11.6 Å². The minimum absolute atomic E-state index is 0.537. The topological polar surface area (TPSA) is 88.3 Å². The van der Waals surface area contributed by atoms with E-state index in [1.165, 1.54) is 11.9 Å². The molecule has 0 unspecified atom stereocenters. The second-order valence-corrected chi connectivity index (χ2v) is 6.00. The van der Waals surface area contributed by atoms with E-state index >= 15 is 0 Å². The lowest BCUT2D eigenvalue weighted by atomic mass is 10.1. The first-order chi connectivity index (χ1) is 12.3. The summed E-state index contributed by atoms with van der Waals surface area (Å²) < 4.78 is 5.36. The van der Waals surface area contributed by atoms with Crippen molar-refractivity contribution in [3.8, 4) is 0 Å². The maximum atomic E-state index is 6.26. The van der Waals surface area contributed by atoms with Gasteiger partial charge in [0, 0.05) is 31.9 Å². The fourth-order valence-corrected chi connectivity index (χ4v) is 2.87. The van der Waals surface area contributed by atoms with Gasteiger partial charge in [0.05, 0.1) is 13.2 Å². The summed E-state index contributed by atoms with van der Waals surface area (Å²) in [7, 11) is 0. The molecule has 1 saturated heterocycles. The second-order valence-electron chi connectivity index (χ2n) is 6.00. The number of nitrogens with zero attached hydrogens (tertiary/aromatic N) is 3. The van der Waals surface area contributed by atoms with Crippen molar-refractivity contribution in [2.24, 2.45) is 0 Å². The number of hydrogen-bond donors (Lipinski definition) is 3. The van der Waals surface area contributed by atoms with Crippen LogP contribution in [0.2, 0.25) is 0 Å². The van der Waals surface area contributed by atoms with E-state index in [1.54, 1.807) is 0 Å². The van der Waals surface area contributed by atoms with Crippen molar-refractivity contribution in [3.05, 3.63) is 36.2 Å². The Balaban J connectivity index is 1.63. The van der Waals surface area contributed by atoms with E-state index < -0.39 is 0 Å². The van der Waals surface area contributed by atoms with Gasteiger partial charge in [0.25, 0.3) is 0 Å². The number of aryl methyl sites for hydroxylation is 1. The standard InChI is InChI=1S/C18H26N6O/c1-2-14-5-3-4-6-15(14)23-18-16(19)17(21-13-22-18)20-7-8-24-9-11-25-12-10-24/h3-6,13H,2,7-12,19H2,1H3,(H2,20,21,22,23). The molecule has 4 N–H and O–H groups in total. The molecule has 0 aliphatic carbocycles. The summed E-state index contributed by atoms with van der Waals surface area (Å²) in [5.74, 6) is 1.30. The van der Waals surface area contributed by atoms with Gasteiger partial charge in [0.1, 0.15) is 12.0 Å². The molecule has 7 heteroatoms. The van der Waals surface area contributed by atoms with Crippen molar-refractivity contribution in [3.63, 3.8) is 0 Å². The molecule has 1 fully saturated rings. The number of nitrogens with two attached hydrogens (primary N) is 1. The van der Waals surface area contributed by atoms with Crippen LogP contribution in [0.1, 0.15) is 12.5 Å². The summed E-state index contributed by atoms with van der Waals surface area (Å²) in [4.78, 5) is 10.9. The van der Waals surface area contributed by atoms with Crippen LogP contribution in [0.15, 0.2) is 30.6 Å². The lowest BCUT2D eigenvalue weighted by molar-refractivity contribution is 0.0398. The van der Waals surface area contributed by atoms with Crippen LogP contribution in [-0.4, -0.2) is 54.3 Å². The third-order valence-corrected chi connectivity index (χ3v) is 4.36. The zero-order valence-corrected chi connectivity index (χ0v) is 14.7. The monoisotopic (exact) mass is 342 g/mol. The van der Waals surface area contributed by atoms with Crippen molar-refractivity contribution in [2.75, 3.05) is 55.8 Å². The molecule has 0 radical (unpaired) electrons. The molecule has 0 saturated carbocycles. The normalized spacial score (nSPS) is 15.1. The van der Waals surface area contributed by atoms with Crippen molar-refractivity contribution in [2.45, 2.75) is 13.3 Å². The molecule has 0 amide bonds. The van der Waals surface area contributed by atoms with Gasteiger partial charge >= 0.3 is 0 Å². The van der Waals surface area contributed by atoms with Gasteiger partial charge in [-0.2, -0.15) is 0 Å². The number of para-hydroxylation sites is 1.